The van der Waals surface area contributed by atoms with Gasteiger partial charge in [-0.1, -0.05) is 30.4 Å². The lowest BCUT2D eigenvalue weighted by Gasteiger charge is -2.11. The maximum Gasteiger partial charge on any atom is 0.126 e. The van der Waals surface area contributed by atoms with Gasteiger partial charge in [-0.2, -0.15) is 0 Å². The molecule has 2 heteroatoms. The fraction of sp³-hybridized carbons (Fsp3) is 0.333. The lowest BCUT2D eigenvalue weighted by atomic mass is 10.2. The first-order chi connectivity index (χ1) is 6.74. The van der Waals surface area contributed by atoms with Crippen molar-refractivity contribution in [3.05, 3.63) is 35.9 Å². The van der Waals surface area contributed by atoms with Crippen molar-refractivity contribution in [3.63, 3.8) is 0 Å². The highest BCUT2D eigenvalue weighted by molar-refractivity contribution is 5.57. The second kappa shape index (κ2) is 5.45. The van der Waals surface area contributed by atoms with Gasteiger partial charge >= 0.3 is 0 Å². The number of ether oxygens (including phenoxy) is 1. The van der Waals surface area contributed by atoms with E-state index in [-0.39, 0.29) is 12.7 Å². The summed E-state index contributed by atoms with van der Waals surface area (Å²) >= 11 is 0. The summed E-state index contributed by atoms with van der Waals surface area (Å²) in [6.45, 7) is 4.04. The monoisotopic (exact) mass is 192 g/mol. The van der Waals surface area contributed by atoms with Crippen LogP contribution in [0.5, 0.6) is 5.75 Å². The molecule has 0 heterocycles. The van der Waals surface area contributed by atoms with E-state index in [0.717, 1.165) is 11.3 Å². The van der Waals surface area contributed by atoms with Crippen molar-refractivity contribution in [1.82, 2.24) is 0 Å². The van der Waals surface area contributed by atoms with Crippen molar-refractivity contribution in [2.45, 2.75) is 20.0 Å². The van der Waals surface area contributed by atoms with E-state index < -0.39 is 0 Å². The van der Waals surface area contributed by atoms with E-state index in [9.17, 15) is 0 Å². The Kier molecular flexibility index (Phi) is 4.20. The molecule has 0 aliphatic heterocycles. The van der Waals surface area contributed by atoms with Crippen molar-refractivity contribution in [2.24, 2.45) is 0 Å². The summed E-state index contributed by atoms with van der Waals surface area (Å²) in [6.07, 6.45) is 3.72. The molecule has 1 aromatic carbocycles. The SMILES string of the molecule is CC(C)Oc1ccccc1/C=C/CO. The molecule has 76 valence electrons. The van der Waals surface area contributed by atoms with E-state index >= 15 is 0 Å². The Morgan fingerprint density at radius 2 is 2.07 bits per heavy atom. The zero-order chi connectivity index (χ0) is 10.4. The number of rotatable bonds is 4. The first-order valence-electron chi connectivity index (χ1n) is 4.77. The first kappa shape index (κ1) is 10.8. The smallest absolute Gasteiger partial charge is 0.126 e. The second-order valence-electron chi connectivity index (χ2n) is 3.29. The molecule has 0 atom stereocenters. The maximum absolute atomic E-state index is 8.67. The summed E-state index contributed by atoms with van der Waals surface area (Å²) in [5, 5.41) is 8.67. The molecule has 0 saturated carbocycles. The summed E-state index contributed by atoms with van der Waals surface area (Å²) < 4.78 is 5.61. The van der Waals surface area contributed by atoms with Crippen LogP contribution in [0.1, 0.15) is 19.4 Å². The molecular formula is C12H16O2. The van der Waals surface area contributed by atoms with Crippen LogP contribution in [0, 0.1) is 0 Å². The van der Waals surface area contributed by atoms with Gasteiger partial charge in [-0.3, -0.25) is 0 Å². The van der Waals surface area contributed by atoms with Crippen LogP contribution in [0.4, 0.5) is 0 Å². The van der Waals surface area contributed by atoms with Crippen molar-refractivity contribution in [1.29, 1.82) is 0 Å². The van der Waals surface area contributed by atoms with Gasteiger partial charge in [0.2, 0.25) is 0 Å². The number of hydrogen-bond donors (Lipinski definition) is 1. The van der Waals surface area contributed by atoms with E-state index in [4.69, 9.17) is 9.84 Å². The van der Waals surface area contributed by atoms with Gasteiger partial charge in [-0.05, 0) is 19.9 Å². The fourth-order valence-corrected chi connectivity index (χ4v) is 1.16. The molecule has 0 fully saturated rings. The van der Waals surface area contributed by atoms with Gasteiger partial charge in [0.1, 0.15) is 5.75 Å². The third kappa shape index (κ3) is 3.23. The Bertz CT molecular complexity index is 303. The minimum atomic E-state index is 0.0516. The fourth-order valence-electron chi connectivity index (χ4n) is 1.16. The van der Waals surface area contributed by atoms with Crippen LogP contribution in [-0.2, 0) is 0 Å². The maximum atomic E-state index is 8.67. The molecule has 0 saturated heterocycles. The molecule has 0 bridgehead atoms. The van der Waals surface area contributed by atoms with E-state index in [1.807, 2.05) is 44.2 Å². The van der Waals surface area contributed by atoms with Crippen LogP contribution >= 0.6 is 0 Å². The Labute approximate surface area is 84.8 Å². The molecule has 1 aromatic rings. The van der Waals surface area contributed by atoms with Gasteiger partial charge in [-0.25, -0.2) is 0 Å². The van der Waals surface area contributed by atoms with E-state index in [2.05, 4.69) is 0 Å². The molecule has 0 unspecified atom stereocenters. The second-order valence-corrected chi connectivity index (χ2v) is 3.29. The quantitative estimate of drug-likeness (QED) is 0.794. The van der Waals surface area contributed by atoms with Crippen LogP contribution in [0.25, 0.3) is 6.08 Å². The number of para-hydroxylation sites is 1. The molecule has 0 aliphatic carbocycles. The Hall–Kier alpha value is -1.28. The van der Waals surface area contributed by atoms with E-state index in [0.29, 0.717) is 0 Å². The predicted molar refractivity (Wildman–Crippen MR) is 58.3 cm³/mol. The molecule has 1 rings (SSSR count). The standard InChI is InChI=1S/C12H16O2/c1-10(2)14-12-8-4-3-6-11(12)7-5-9-13/h3-8,10,13H,9H2,1-2H3/b7-5+. The Morgan fingerprint density at radius 3 is 2.71 bits per heavy atom. The minimum Gasteiger partial charge on any atom is -0.490 e. The number of hydrogen-bond acceptors (Lipinski definition) is 2. The average molecular weight is 192 g/mol. The van der Waals surface area contributed by atoms with Gasteiger partial charge in [0.15, 0.2) is 0 Å². The van der Waals surface area contributed by atoms with Gasteiger partial charge in [0, 0.05) is 5.56 Å². The molecule has 1 N–H and O–H groups in total. The number of aliphatic hydroxyl groups is 1. The average Bonchev–Trinajstić information content (AvgIpc) is 2.16. The molecule has 0 radical (unpaired) electrons. The molecular weight excluding hydrogens is 176 g/mol. The van der Waals surface area contributed by atoms with Gasteiger partial charge in [0.05, 0.1) is 12.7 Å². The summed E-state index contributed by atoms with van der Waals surface area (Å²) in [5.74, 6) is 0.854. The topological polar surface area (TPSA) is 29.5 Å². The zero-order valence-electron chi connectivity index (χ0n) is 8.60. The number of aliphatic hydroxyl groups excluding tert-OH is 1. The largest absolute Gasteiger partial charge is 0.490 e. The van der Waals surface area contributed by atoms with Crippen LogP contribution < -0.4 is 4.74 Å². The zero-order valence-corrected chi connectivity index (χ0v) is 8.60. The molecule has 0 aliphatic rings. The van der Waals surface area contributed by atoms with Gasteiger partial charge in [0.25, 0.3) is 0 Å². The Balaban J connectivity index is 2.85. The molecule has 0 aromatic heterocycles. The van der Waals surface area contributed by atoms with Crippen molar-refractivity contribution >= 4 is 6.08 Å². The van der Waals surface area contributed by atoms with Crippen LogP contribution in [0.2, 0.25) is 0 Å². The highest BCUT2D eigenvalue weighted by atomic mass is 16.5. The molecule has 14 heavy (non-hydrogen) atoms. The highest BCUT2D eigenvalue weighted by Crippen LogP contribution is 2.20. The minimum absolute atomic E-state index is 0.0516. The lowest BCUT2D eigenvalue weighted by molar-refractivity contribution is 0.242. The predicted octanol–water partition coefficient (Wildman–Crippen LogP) is 2.48. The van der Waals surface area contributed by atoms with Gasteiger partial charge < -0.3 is 9.84 Å². The van der Waals surface area contributed by atoms with Crippen LogP contribution in [0.3, 0.4) is 0 Å². The first-order valence-corrected chi connectivity index (χ1v) is 4.77. The highest BCUT2D eigenvalue weighted by Gasteiger charge is 2.00. The summed E-state index contributed by atoms with van der Waals surface area (Å²) in [5.41, 5.74) is 0.996. The van der Waals surface area contributed by atoms with E-state index in [1.54, 1.807) is 6.08 Å². The lowest BCUT2D eigenvalue weighted by Crippen LogP contribution is -2.06. The van der Waals surface area contributed by atoms with Crippen molar-refractivity contribution in [2.75, 3.05) is 6.61 Å². The molecule has 0 amide bonds. The summed E-state index contributed by atoms with van der Waals surface area (Å²) in [6, 6.07) is 7.78. The number of benzene rings is 1. The third-order valence-electron chi connectivity index (χ3n) is 1.68. The summed E-state index contributed by atoms with van der Waals surface area (Å²) in [7, 11) is 0. The normalized spacial score (nSPS) is 11.1. The van der Waals surface area contributed by atoms with E-state index in [1.165, 1.54) is 0 Å². The Morgan fingerprint density at radius 1 is 1.36 bits per heavy atom. The third-order valence-corrected chi connectivity index (χ3v) is 1.68. The van der Waals surface area contributed by atoms with Gasteiger partial charge in [-0.15, -0.1) is 0 Å². The molecule has 2 nitrogen and oxygen atoms in total. The van der Waals surface area contributed by atoms with Crippen LogP contribution in [-0.4, -0.2) is 17.8 Å². The van der Waals surface area contributed by atoms with Crippen LogP contribution in [0.15, 0.2) is 30.3 Å². The summed E-state index contributed by atoms with van der Waals surface area (Å²) in [4.78, 5) is 0. The molecule has 0 spiro atoms. The van der Waals surface area contributed by atoms with Crippen molar-refractivity contribution in [3.8, 4) is 5.75 Å². The van der Waals surface area contributed by atoms with Crippen molar-refractivity contribution < 1.29 is 9.84 Å².